The van der Waals surface area contributed by atoms with E-state index >= 15 is 0 Å². The number of hydrogen-bond acceptors (Lipinski definition) is 9. The van der Waals surface area contributed by atoms with Gasteiger partial charge in [0.15, 0.2) is 5.82 Å². The molecular formula is C20H24F3N7O2S. The summed E-state index contributed by atoms with van der Waals surface area (Å²) in [5.74, 6) is -0.323. The van der Waals surface area contributed by atoms with Crippen molar-refractivity contribution in [2.24, 2.45) is 0 Å². The number of halogens is 3. The molecule has 0 aromatic carbocycles. The number of hydrogen-bond donors (Lipinski definition) is 1. The van der Waals surface area contributed by atoms with Crippen LogP contribution in [0.25, 0.3) is 10.2 Å². The van der Waals surface area contributed by atoms with E-state index in [0.717, 1.165) is 38.9 Å². The molecule has 1 N–H and O–H groups in total. The number of ether oxygens (including phenoxy) is 1. The van der Waals surface area contributed by atoms with Crippen LogP contribution in [0.5, 0.6) is 0 Å². The van der Waals surface area contributed by atoms with Gasteiger partial charge in [-0.05, 0) is 18.9 Å². The normalized spacial score (nSPS) is 13.9. The molecule has 4 rings (SSSR count). The van der Waals surface area contributed by atoms with Gasteiger partial charge < -0.3 is 19.5 Å². The van der Waals surface area contributed by atoms with Crippen LogP contribution in [0.2, 0.25) is 0 Å². The molecule has 13 heteroatoms. The van der Waals surface area contributed by atoms with Crippen molar-refractivity contribution in [3.05, 3.63) is 22.6 Å². The zero-order valence-corrected chi connectivity index (χ0v) is 19.1. The van der Waals surface area contributed by atoms with E-state index in [2.05, 4.69) is 25.5 Å². The quantitative estimate of drug-likeness (QED) is 0.383. The van der Waals surface area contributed by atoms with Crippen LogP contribution in [0, 0.1) is 0 Å². The highest BCUT2D eigenvalue weighted by Gasteiger charge is 2.39. The van der Waals surface area contributed by atoms with E-state index in [-0.39, 0.29) is 31.4 Å². The fraction of sp³-hybridized carbons (Fsp3) is 0.550. The van der Waals surface area contributed by atoms with E-state index in [1.54, 1.807) is 0 Å². The minimum Gasteiger partial charge on any atom is -0.464 e. The maximum atomic E-state index is 13.2. The van der Waals surface area contributed by atoms with Crippen molar-refractivity contribution in [1.29, 1.82) is 0 Å². The molecule has 0 amide bonds. The summed E-state index contributed by atoms with van der Waals surface area (Å²) in [6.45, 7) is 4.84. The first-order valence-electron chi connectivity index (χ1n) is 10.7. The minimum absolute atomic E-state index is 0.0794. The highest BCUT2D eigenvalue weighted by molar-refractivity contribution is 7.18. The molecule has 0 saturated carbocycles. The first-order chi connectivity index (χ1) is 15.8. The third-order valence-electron chi connectivity index (χ3n) is 5.23. The van der Waals surface area contributed by atoms with Crippen molar-refractivity contribution in [2.75, 3.05) is 29.9 Å². The van der Waals surface area contributed by atoms with E-state index in [0.29, 0.717) is 19.0 Å². The summed E-state index contributed by atoms with van der Waals surface area (Å²) in [7, 11) is 0. The summed E-state index contributed by atoms with van der Waals surface area (Å²) in [6.07, 6.45) is -2.02. The highest BCUT2D eigenvalue weighted by Crippen LogP contribution is 2.35. The number of alkyl halides is 3. The summed E-state index contributed by atoms with van der Waals surface area (Å²) >= 11 is 1.52. The summed E-state index contributed by atoms with van der Waals surface area (Å²) in [5, 5.41) is 10.8. The lowest BCUT2D eigenvalue weighted by atomic mass is 10.2. The van der Waals surface area contributed by atoms with E-state index in [4.69, 9.17) is 4.74 Å². The van der Waals surface area contributed by atoms with Crippen LogP contribution < -0.4 is 10.2 Å². The number of esters is 1. The number of rotatable bonds is 8. The molecule has 0 saturated heterocycles. The Morgan fingerprint density at radius 2 is 2.06 bits per heavy atom. The Morgan fingerprint density at radius 3 is 2.79 bits per heavy atom. The number of fused-ring (bicyclic) bond motifs is 2. The number of carbonyl (C=O) groups is 1. The number of thiophene rings is 1. The Bertz CT molecular complexity index is 1140. The van der Waals surface area contributed by atoms with Crippen LogP contribution in [0.4, 0.5) is 24.9 Å². The molecule has 1 aliphatic heterocycles. The van der Waals surface area contributed by atoms with Gasteiger partial charge in [0.25, 0.3) is 0 Å². The van der Waals surface area contributed by atoms with Gasteiger partial charge >= 0.3 is 12.1 Å². The molecule has 0 fully saturated rings. The third-order valence-corrected chi connectivity index (χ3v) is 6.40. The number of anilines is 2. The lowest BCUT2D eigenvalue weighted by molar-refractivity contribution is -0.147. The second-order valence-electron chi connectivity index (χ2n) is 7.59. The average Bonchev–Trinajstić information content (AvgIpc) is 3.40. The number of nitrogens with one attached hydrogen (secondary N) is 1. The number of nitrogens with zero attached hydrogens (tertiary/aromatic N) is 6. The molecule has 1 aliphatic rings. The topological polar surface area (TPSA) is 98.1 Å². The Balaban J connectivity index is 1.59. The van der Waals surface area contributed by atoms with Gasteiger partial charge in [-0.2, -0.15) is 18.2 Å². The lowest BCUT2D eigenvalue weighted by Crippen LogP contribution is -2.36. The van der Waals surface area contributed by atoms with Gasteiger partial charge in [0.1, 0.15) is 17.2 Å². The van der Waals surface area contributed by atoms with Crippen molar-refractivity contribution in [2.45, 2.75) is 52.4 Å². The maximum absolute atomic E-state index is 13.2. The molecule has 33 heavy (non-hydrogen) atoms. The zero-order chi connectivity index (χ0) is 23.6. The molecule has 9 nitrogen and oxygen atoms in total. The van der Waals surface area contributed by atoms with Gasteiger partial charge in [-0.15, -0.1) is 21.5 Å². The number of aromatic nitrogens is 5. The molecule has 0 unspecified atom stereocenters. The Hall–Kier alpha value is -2.96. The SMILES string of the molecule is CCCCOC(=O)CNc1nc(N2CCn3c(nnc3C(F)(F)F)C2)c2cc(CC)sc2n1. The second-order valence-corrected chi connectivity index (χ2v) is 8.71. The summed E-state index contributed by atoms with van der Waals surface area (Å²) in [4.78, 5) is 24.8. The van der Waals surface area contributed by atoms with Crippen LogP contribution in [-0.2, 0) is 35.2 Å². The summed E-state index contributed by atoms with van der Waals surface area (Å²) in [5.41, 5.74) is 0. The Labute approximate surface area is 192 Å². The number of carbonyl (C=O) groups excluding carboxylic acids is 1. The van der Waals surface area contributed by atoms with Gasteiger partial charge in [0.2, 0.25) is 11.8 Å². The van der Waals surface area contributed by atoms with E-state index in [9.17, 15) is 18.0 Å². The van der Waals surface area contributed by atoms with E-state index in [1.165, 1.54) is 11.3 Å². The van der Waals surface area contributed by atoms with Crippen LogP contribution in [0.15, 0.2) is 6.07 Å². The van der Waals surface area contributed by atoms with Gasteiger partial charge in [-0.25, -0.2) is 4.98 Å². The van der Waals surface area contributed by atoms with Crippen molar-refractivity contribution in [1.82, 2.24) is 24.7 Å². The summed E-state index contributed by atoms with van der Waals surface area (Å²) in [6, 6.07) is 2.00. The first-order valence-corrected chi connectivity index (χ1v) is 11.6. The Kier molecular flexibility index (Phi) is 6.68. The molecule has 3 aromatic rings. The van der Waals surface area contributed by atoms with Gasteiger partial charge in [-0.1, -0.05) is 20.3 Å². The molecule has 0 spiro atoms. The van der Waals surface area contributed by atoms with E-state index in [1.807, 2.05) is 24.8 Å². The van der Waals surface area contributed by atoms with Crippen molar-refractivity contribution in [3.63, 3.8) is 0 Å². The molecule has 4 heterocycles. The molecular weight excluding hydrogens is 459 g/mol. The molecule has 178 valence electrons. The first kappa shape index (κ1) is 23.2. The molecule has 0 atom stereocenters. The number of unbranched alkanes of at least 4 members (excludes halogenated alkanes) is 1. The molecule has 0 bridgehead atoms. The van der Waals surface area contributed by atoms with Gasteiger partial charge in [-0.3, -0.25) is 4.79 Å². The highest BCUT2D eigenvalue weighted by atomic mass is 32.1. The van der Waals surface area contributed by atoms with Crippen molar-refractivity contribution in [3.8, 4) is 0 Å². The molecule has 3 aromatic heterocycles. The monoisotopic (exact) mass is 483 g/mol. The Morgan fingerprint density at radius 1 is 1.24 bits per heavy atom. The van der Waals surface area contributed by atoms with Crippen LogP contribution >= 0.6 is 11.3 Å². The standard InChI is InChI=1S/C20H24F3N7O2S/c1-3-5-8-32-15(31)10-24-19-25-16(13-9-12(4-2)33-17(13)26-19)29-6-7-30-14(11-29)27-28-18(30)20(21,22)23/h9H,3-8,10-11H2,1-2H3,(H,24,25,26). The zero-order valence-electron chi connectivity index (χ0n) is 18.3. The van der Waals surface area contributed by atoms with Gasteiger partial charge in [0.05, 0.1) is 18.5 Å². The second kappa shape index (κ2) is 9.49. The predicted molar refractivity (Wildman–Crippen MR) is 117 cm³/mol. The summed E-state index contributed by atoms with van der Waals surface area (Å²) < 4.78 is 45.8. The largest absolute Gasteiger partial charge is 0.464 e. The predicted octanol–water partition coefficient (Wildman–Crippen LogP) is 3.64. The smallest absolute Gasteiger partial charge is 0.451 e. The maximum Gasteiger partial charge on any atom is 0.451 e. The fourth-order valence-corrected chi connectivity index (χ4v) is 4.49. The van der Waals surface area contributed by atoms with E-state index < -0.39 is 18.0 Å². The van der Waals surface area contributed by atoms with Crippen LogP contribution in [0.3, 0.4) is 0 Å². The third kappa shape index (κ3) is 5.02. The van der Waals surface area contributed by atoms with Gasteiger partial charge in [0, 0.05) is 18.0 Å². The minimum atomic E-state index is -4.55. The van der Waals surface area contributed by atoms with Crippen LogP contribution in [-0.4, -0.2) is 50.4 Å². The van der Waals surface area contributed by atoms with Crippen molar-refractivity contribution < 1.29 is 22.7 Å². The van der Waals surface area contributed by atoms with Crippen molar-refractivity contribution >= 4 is 39.3 Å². The number of aryl methyl sites for hydroxylation is 1. The average molecular weight is 484 g/mol. The molecule has 0 aliphatic carbocycles. The molecule has 0 radical (unpaired) electrons. The fourth-order valence-electron chi connectivity index (χ4n) is 3.53. The van der Waals surface area contributed by atoms with Crippen LogP contribution in [0.1, 0.15) is 43.2 Å². The lowest BCUT2D eigenvalue weighted by Gasteiger charge is -2.29.